The van der Waals surface area contributed by atoms with Gasteiger partial charge in [0.25, 0.3) is 0 Å². The summed E-state index contributed by atoms with van der Waals surface area (Å²) < 4.78 is 0. The molecule has 4 nitrogen and oxygen atoms in total. The maximum Gasteiger partial charge on any atom is 0.306 e. The lowest BCUT2D eigenvalue weighted by Gasteiger charge is -2.39. The van der Waals surface area contributed by atoms with E-state index >= 15 is 0 Å². The van der Waals surface area contributed by atoms with Crippen molar-refractivity contribution in [1.82, 2.24) is 4.90 Å². The number of carboxylic acids is 1. The largest absolute Gasteiger partial charge is 0.481 e. The molecular weight excluding hydrogens is 206 g/mol. The molecule has 1 aliphatic heterocycles. The molecule has 1 heterocycles. The van der Waals surface area contributed by atoms with Crippen molar-refractivity contribution in [3.05, 3.63) is 0 Å². The van der Waals surface area contributed by atoms with Gasteiger partial charge in [-0.15, -0.1) is 0 Å². The van der Waals surface area contributed by atoms with Gasteiger partial charge in [-0.3, -0.25) is 9.69 Å². The normalized spacial score (nSPS) is 37.2. The van der Waals surface area contributed by atoms with Crippen LogP contribution in [-0.2, 0) is 4.79 Å². The Labute approximate surface area is 96.3 Å². The number of aliphatic hydroxyl groups is 1. The first-order valence-electron chi connectivity index (χ1n) is 6.31. The topological polar surface area (TPSA) is 60.8 Å². The first-order valence-corrected chi connectivity index (χ1v) is 6.31. The van der Waals surface area contributed by atoms with Crippen molar-refractivity contribution in [1.29, 1.82) is 0 Å². The van der Waals surface area contributed by atoms with E-state index in [2.05, 4.69) is 4.90 Å². The summed E-state index contributed by atoms with van der Waals surface area (Å²) in [4.78, 5) is 13.2. The van der Waals surface area contributed by atoms with Gasteiger partial charge < -0.3 is 10.2 Å². The summed E-state index contributed by atoms with van der Waals surface area (Å²) in [6.45, 7) is 1.85. The minimum atomic E-state index is -0.642. The molecule has 1 saturated carbocycles. The number of β-amino-alcohol motifs (C(OH)–C–C–N with tert-alkyl or cyclic N) is 1. The first-order chi connectivity index (χ1) is 7.66. The second kappa shape index (κ2) is 5.15. The van der Waals surface area contributed by atoms with Gasteiger partial charge in [-0.2, -0.15) is 0 Å². The molecule has 2 N–H and O–H groups in total. The molecule has 1 saturated heterocycles. The van der Waals surface area contributed by atoms with Crippen LogP contribution in [0.5, 0.6) is 0 Å². The highest BCUT2D eigenvalue weighted by Crippen LogP contribution is 2.29. The van der Waals surface area contributed by atoms with Gasteiger partial charge >= 0.3 is 5.97 Å². The number of aliphatic carboxylic acids is 1. The molecule has 0 unspecified atom stereocenters. The molecule has 4 heteroatoms. The van der Waals surface area contributed by atoms with E-state index in [1.165, 1.54) is 0 Å². The van der Waals surface area contributed by atoms with E-state index in [0.717, 1.165) is 51.6 Å². The summed E-state index contributed by atoms with van der Waals surface area (Å²) in [5.41, 5.74) is 0. The van der Waals surface area contributed by atoms with Crippen molar-refractivity contribution < 1.29 is 15.0 Å². The molecule has 2 fully saturated rings. The van der Waals surface area contributed by atoms with Crippen LogP contribution in [0.4, 0.5) is 0 Å². The molecule has 0 bridgehead atoms. The second-order valence-corrected chi connectivity index (χ2v) is 5.13. The van der Waals surface area contributed by atoms with E-state index < -0.39 is 5.97 Å². The van der Waals surface area contributed by atoms with Crippen molar-refractivity contribution in [2.45, 2.75) is 50.7 Å². The summed E-state index contributed by atoms with van der Waals surface area (Å²) in [7, 11) is 0. The molecule has 16 heavy (non-hydrogen) atoms. The minimum Gasteiger partial charge on any atom is -0.481 e. The minimum absolute atomic E-state index is 0.133. The molecule has 0 spiro atoms. The molecule has 2 rings (SSSR count). The number of carboxylic acid groups (broad SMARTS) is 1. The van der Waals surface area contributed by atoms with Crippen molar-refractivity contribution >= 4 is 5.97 Å². The van der Waals surface area contributed by atoms with Crippen LogP contribution in [0.2, 0.25) is 0 Å². The fourth-order valence-corrected chi connectivity index (χ4v) is 3.00. The zero-order valence-corrected chi connectivity index (χ0v) is 9.64. The Bertz CT molecular complexity index is 249. The Hall–Kier alpha value is -0.610. The smallest absolute Gasteiger partial charge is 0.306 e. The zero-order chi connectivity index (χ0) is 11.5. The molecular formula is C12H21NO3. The number of likely N-dealkylation sites (tertiary alicyclic amines) is 1. The van der Waals surface area contributed by atoms with Gasteiger partial charge in [0, 0.05) is 12.6 Å². The maximum atomic E-state index is 10.8. The lowest BCUT2D eigenvalue weighted by atomic mass is 9.84. The van der Waals surface area contributed by atoms with Gasteiger partial charge in [0.05, 0.1) is 12.0 Å². The quantitative estimate of drug-likeness (QED) is 0.741. The molecule has 0 amide bonds. The number of carbonyl (C=O) groups is 1. The summed E-state index contributed by atoms with van der Waals surface area (Å²) in [6.07, 6.45) is 5.36. The summed E-state index contributed by atoms with van der Waals surface area (Å²) >= 11 is 0. The van der Waals surface area contributed by atoms with Gasteiger partial charge in [-0.05, 0) is 45.1 Å². The average Bonchev–Trinajstić information content (AvgIpc) is 2.29. The van der Waals surface area contributed by atoms with Crippen LogP contribution in [0.25, 0.3) is 0 Å². The third kappa shape index (κ3) is 2.74. The highest BCUT2D eigenvalue weighted by atomic mass is 16.4. The number of hydrogen-bond donors (Lipinski definition) is 2. The van der Waals surface area contributed by atoms with Gasteiger partial charge in [0.2, 0.25) is 0 Å². The van der Waals surface area contributed by atoms with Crippen molar-refractivity contribution in [2.24, 2.45) is 5.92 Å². The lowest BCUT2D eigenvalue weighted by molar-refractivity contribution is -0.143. The van der Waals surface area contributed by atoms with Crippen molar-refractivity contribution in [2.75, 3.05) is 13.1 Å². The lowest BCUT2D eigenvalue weighted by Crippen LogP contribution is -2.46. The van der Waals surface area contributed by atoms with Crippen molar-refractivity contribution in [3.8, 4) is 0 Å². The standard InChI is InChI=1S/C12H21NO3/c14-11-2-1-7-13(8-11)10-5-3-9(4-6-10)12(15)16/h9-11,14H,1-8H2,(H,15,16)/t9?,10?,11-/m0/s1. The highest BCUT2D eigenvalue weighted by Gasteiger charge is 2.31. The van der Waals surface area contributed by atoms with Gasteiger partial charge in [-0.25, -0.2) is 0 Å². The fraction of sp³-hybridized carbons (Fsp3) is 0.917. The molecule has 0 radical (unpaired) electrons. The van der Waals surface area contributed by atoms with E-state index in [1.54, 1.807) is 0 Å². The molecule has 1 atom stereocenters. The Kier molecular flexibility index (Phi) is 3.82. The Morgan fingerprint density at radius 1 is 1.12 bits per heavy atom. The summed E-state index contributed by atoms with van der Waals surface area (Å²) in [6, 6.07) is 0.505. The van der Waals surface area contributed by atoms with Crippen LogP contribution in [0.3, 0.4) is 0 Å². The predicted molar refractivity (Wildman–Crippen MR) is 60.2 cm³/mol. The Balaban J connectivity index is 1.81. The summed E-state index contributed by atoms with van der Waals surface area (Å²) in [5, 5.41) is 18.5. The van der Waals surface area contributed by atoms with E-state index in [4.69, 9.17) is 5.11 Å². The molecule has 0 aromatic rings. The summed E-state index contributed by atoms with van der Waals surface area (Å²) in [5.74, 6) is -0.775. The van der Waals surface area contributed by atoms with E-state index in [9.17, 15) is 9.90 Å². The molecule has 2 aliphatic rings. The van der Waals surface area contributed by atoms with Crippen LogP contribution < -0.4 is 0 Å². The van der Waals surface area contributed by atoms with E-state index in [-0.39, 0.29) is 12.0 Å². The monoisotopic (exact) mass is 227 g/mol. The Morgan fingerprint density at radius 2 is 1.81 bits per heavy atom. The van der Waals surface area contributed by atoms with Gasteiger partial charge in [-0.1, -0.05) is 0 Å². The average molecular weight is 227 g/mol. The van der Waals surface area contributed by atoms with E-state index in [1.807, 2.05) is 0 Å². The SMILES string of the molecule is O=C(O)C1CCC(N2CCC[C@H](O)C2)CC1. The number of rotatable bonds is 2. The van der Waals surface area contributed by atoms with Crippen LogP contribution in [0, 0.1) is 5.92 Å². The number of aliphatic hydroxyl groups excluding tert-OH is 1. The maximum absolute atomic E-state index is 10.8. The molecule has 0 aromatic carbocycles. The van der Waals surface area contributed by atoms with Gasteiger partial charge in [0.15, 0.2) is 0 Å². The van der Waals surface area contributed by atoms with Crippen molar-refractivity contribution in [3.63, 3.8) is 0 Å². The van der Waals surface area contributed by atoms with Crippen LogP contribution >= 0.6 is 0 Å². The number of hydrogen-bond acceptors (Lipinski definition) is 3. The van der Waals surface area contributed by atoms with Crippen LogP contribution in [-0.4, -0.2) is 46.3 Å². The number of nitrogens with zero attached hydrogens (tertiary/aromatic N) is 1. The first kappa shape index (κ1) is 11.9. The fourth-order valence-electron chi connectivity index (χ4n) is 3.00. The molecule has 92 valence electrons. The van der Waals surface area contributed by atoms with Crippen LogP contribution in [0.15, 0.2) is 0 Å². The zero-order valence-electron chi connectivity index (χ0n) is 9.64. The van der Waals surface area contributed by atoms with E-state index in [0.29, 0.717) is 6.04 Å². The van der Waals surface area contributed by atoms with Crippen LogP contribution in [0.1, 0.15) is 38.5 Å². The second-order valence-electron chi connectivity index (χ2n) is 5.13. The predicted octanol–water partition coefficient (Wildman–Crippen LogP) is 1.09. The van der Waals surface area contributed by atoms with Gasteiger partial charge in [0.1, 0.15) is 0 Å². The number of piperidine rings is 1. The molecule has 1 aliphatic carbocycles. The Morgan fingerprint density at radius 3 is 2.38 bits per heavy atom. The highest BCUT2D eigenvalue weighted by molar-refractivity contribution is 5.70. The third-order valence-electron chi connectivity index (χ3n) is 3.99. The molecule has 0 aromatic heterocycles. The third-order valence-corrected chi connectivity index (χ3v) is 3.99.